The van der Waals surface area contributed by atoms with Crippen LogP contribution in [0.15, 0.2) is 67.1 Å². The molecule has 4 rings (SSSR count). The smallest absolute Gasteiger partial charge is 0.408 e. The highest BCUT2D eigenvalue weighted by molar-refractivity contribution is 5.98. The lowest BCUT2D eigenvalue weighted by Crippen LogP contribution is -2.59. The number of rotatable bonds is 12. The number of carbonyl (C=O) groups excluding carboxylic acids is 4. The van der Waals surface area contributed by atoms with Crippen LogP contribution in [0.1, 0.15) is 64.6 Å². The van der Waals surface area contributed by atoms with Gasteiger partial charge in [-0.2, -0.15) is 0 Å². The third-order valence-corrected chi connectivity index (χ3v) is 7.37. The van der Waals surface area contributed by atoms with Gasteiger partial charge >= 0.3 is 6.09 Å². The van der Waals surface area contributed by atoms with E-state index in [-0.39, 0.29) is 24.9 Å². The summed E-state index contributed by atoms with van der Waals surface area (Å²) in [6, 6.07) is 13.1. The SMILES string of the molecule is CC(C)(C)OC(=O)NC(C)(C)C(=O)N[C@H](COCc1ccccc1)C(=O)Nc1cn(C(C(=O)N2CCCC2)c2cccc(F)c2)cn1. The summed E-state index contributed by atoms with van der Waals surface area (Å²) in [7, 11) is 0. The number of aromatic nitrogens is 2. The predicted molar refractivity (Wildman–Crippen MR) is 173 cm³/mol. The van der Waals surface area contributed by atoms with Gasteiger partial charge in [-0.05, 0) is 70.7 Å². The molecule has 1 aromatic heterocycles. The number of ether oxygens (including phenoxy) is 2. The number of anilines is 1. The zero-order chi connectivity index (χ0) is 34.2. The third-order valence-electron chi connectivity index (χ3n) is 7.37. The number of nitrogens with zero attached hydrogens (tertiary/aromatic N) is 3. The van der Waals surface area contributed by atoms with Crippen LogP contribution in [0.2, 0.25) is 0 Å². The minimum atomic E-state index is -1.45. The Labute approximate surface area is 274 Å². The Morgan fingerprint density at radius 1 is 0.979 bits per heavy atom. The number of benzene rings is 2. The van der Waals surface area contributed by atoms with E-state index >= 15 is 0 Å². The minimum absolute atomic E-state index is 0.110. The van der Waals surface area contributed by atoms with Gasteiger partial charge in [0.15, 0.2) is 5.82 Å². The third kappa shape index (κ3) is 10.1. The molecule has 1 aliphatic rings. The lowest BCUT2D eigenvalue weighted by molar-refractivity contribution is -0.132. The Balaban J connectivity index is 1.51. The monoisotopic (exact) mass is 650 g/mol. The van der Waals surface area contributed by atoms with Gasteiger partial charge in [-0.25, -0.2) is 14.2 Å². The van der Waals surface area contributed by atoms with E-state index in [1.54, 1.807) is 31.7 Å². The van der Waals surface area contributed by atoms with E-state index in [9.17, 15) is 23.6 Å². The van der Waals surface area contributed by atoms with Crippen molar-refractivity contribution in [2.75, 3.05) is 25.0 Å². The van der Waals surface area contributed by atoms with Crippen LogP contribution in [0.5, 0.6) is 0 Å². The fraction of sp³-hybridized carbons (Fsp3) is 0.441. The molecule has 0 aliphatic carbocycles. The number of alkyl carbamates (subject to hydrolysis) is 1. The number of hydrogen-bond donors (Lipinski definition) is 3. The van der Waals surface area contributed by atoms with E-state index in [4.69, 9.17) is 9.47 Å². The predicted octanol–water partition coefficient (Wildman–Crippen LogP) is 4.18. The van der Waals surface area contributed by atoms with E-state index in [0.29, 0.717) is 18.7 Å². The lowest BCUT2D eigenvalue weighted by atomic mass is 10.0. The molecule has 1 fully saturated rings. The van der Waals surface area contributed by atoms with Crippen molar-refractivity contribution in [2.24, 2.45) is 0 Å². The van der Waals surface area contributed by atoms with E-state index in [0.717, 1.165) is 18.4 Å². The highest BCUT2D eigenvalue weighted by atomic mass is 19.1. The molecule has 13 heteroatoms. The number of carbonyl (C=O) groups is 4. The molecule has 1 saturated heterocycles. The molecule has 1 aliphatic heterocycles. The Morgan fingerprint density at radius 3 is 2.34 bits per heavy atom. The number of halogens is 1. The summed E-state index contributed by atoms with van der Waals surface area (Å²) in [6.45, 7) is 9.27. The molecule has 4 amide bonds. The molecule has 3 aromatic rings. The molecule has 0 radical (unpaired) electrons. The summed E-state index contributed by atoms with van der Waals surface area (Å²) in [6.07, 6.45) is 3.86. The van der Waals surface area contributed by atoms with Gasteiger partial charge in [-0.15, -0.1) is 0 Å². The van der Waals surface area contributed by atoms with Crippen LogP contribution in [-0.4, -0.2) is 75.1 Å². The van der Waals surface area contributed by atoms with Gasteiger partial charge < -0.3 is 34.9 Å². The van der Waals surface area contributed by atoms with E-state index in [1.807, 2.05) is 30.3 Å². The van der Waals surface area contributed by atoms with Crippen molar-refractivity contribution in [2.45, 2.75) is 77.3 Å². The van der Waals surface area contributed by atoms with Crippen LogP contribution >= 0.6 is 0 Å². The van der Waals surface area contributed by atoms with Crippen LogP contribution in [-0.2, 0) is 30.5 Å². The van der Waals surface area contributed by atoms with Crippen LogP contribution < -0.4 is 16.0 Å². The maximum absolute atomic E-state index is 14.2. The topological polar surface area (TPSA) is 144 Å². The minimum Gasteiger partial charge on any atom is -0.444 e. The second-order valence-electron chi connectivity index (χ2n) is 13.0. The van der Waals surface area contributed by atoms with Crippen LogP contribution in [0.3, 0.4) is 0 Å². The van der Waals surface area contributed by atoms with Gasteiger partial charge in [0.2, 0.25) is 11.8 Å². The molecule has 2 atom stereocenters. The maximum Gasteiger partial charge on any atom is 0.408 e. The first-order valence-corrected chi connectivity index (χ1v) is 15.5. The van der Waals surface area contributed by atoms with Gasteiger partial charge in [0.05, 0.1) is 19.5 Å². The van der Waals surface area contributed by atoms with E-state index in [1.165, 1.54) is 49.1 Å². The number of hydrogen-bond acceptors (Lipinski definition) is 7. The summed E-state index contributed by atoms with van der Waals surface area (Å²) in [5, 5.41) is 7.89. The zero-order valence-corrected chi connectivity index (χ0v) is 27.4. The molecule has 2 heterocycles. The number of likely N-dealkylation sites (tertiary alicyclic amines) is 1. The molecule has 0 spiro atoms. The molecule has 47 heavy (non-hydrogen) atoms. The summed E-state index contributed by atoms with van der Waals surface area (Å²) in [5.74, 6) is -1.87. The average Bonchev–Trinajstić information content (AvgIpc) is 3.69. The van der Waals surface area contributed by atoms with Crippen LogP contribution in [0.25, 0.3) is 0 Å². The van der Waals surface area contributed by atoms with Crippen molar-refractivity contribution in [3.63, 3.8) is 0 Å². The fourth-order valence-corrected chi connectivity index (χ4v) is 4.99. The average molecular weight is 651 g/mol. The zero-order valence-electron chi connectivity index (χ0n) is 27.4. The first-order valence-electron chi connectivity index (χ1n) is 15.5. The molecule has 3 N–H and O–H groups in total. The first kappa shape index (κ1) is 35.1. The molecule has 2 aromatic carbocycles. The molecular weight excluding hydrogens is 607 g/mol. The second-order valence-corrected chi connectivity index (χ2v) is 13.0. The van der Waals surface area contributed by atoms with Crippen molar-refractivity contribution in [1.29, 1.82) is 0 Å². The number of amides is 4. The number of imidazole rings is 1. The Hall–Kier alpha value is -4.78. The van der Waals surface area contributed by atoms with Gasteiger partial charge in [0.25, 0.3) is 5.91 Å². The normalized spacial score (nSPS) is 14.6. The van der Waals surface area contributed by atoms with Gasteiger partial charge in [-0.3, -0.25) is 14.4 Å². The first-order chi connectivity index (χ1) is 22.2. The largest absolute Gasteiger partial charge is 0.444 e. The Kier molecular flexibility index (Phi) is 11.3. The van der Waals surface area contributed by atoms with Crippen LogP contribution in [0, 0.1) is 5.82 Å². The van der Waals surface area contributed by atoms with Crippen molar-refractivity contribution in [1.82, 2.24) is 25.1 Å². The highest BCUT2D eigenvalue weighted by Crippen LogP contribution is 2.25. The highest BCUT2D eigenvalue weighted by Gasteiger charge is 2.35. The maximum atomic E-state index is 14.2. The molecule has 0 bridgehead atoms. The molecule has 12 nitrogen and oxygen atoms in total. The fourth-order valence-electron chi connectivity index (χ4n) is 4.99. The Bertz CT molecular complexity index is 1550. The molecule has 252 valence electrons. The summed E-state index contributed by atoms with van der Waals surface area (Å²) in [5.41, 5.74) is -0.915. The second kappa shape index (κ2) is 15.2. The molecule has 1 unspecified atom stereocenters. The van der Waals surface area contributed by atoms with Crippen molar-refractivity contribution >= 4 is 29.6 Å². The Morgan fingerprint density at radius 2 is 1.68 bits per heavy atom. The summed E-state index contributed by atoms with van der Waals surface area (Å²) < 4.78 is 26.8. The molecule has 0 saturated carbocycles. The van der Waals surface area contributed by atoms with E-state index in [2.05, 4.69) is 20.9 Å². The van der Waals surface area contributed by atoms with Crippen LogP contribution in [0.4, 0.5) is 15.0 Å². The summed E-state index contributed by atoms with van der Waals surface area (Å²) >= 11 is 0. The standard InChI is InChI=1S/C34H43FN6O6/c1-33(2,3)47-32(45)39-34(4,5)31(44)37-26(21-46-20-23-12-7-6-8-13-23)29(42)38-27-19-41(22-36-27)28(24-14-11-15-25(35)18-24)30(43)40-16-9-10-17-40/h6-8,11-15,18-19,22,26,28H,9-10,16-17,20-21H2,1-5H3,(H,37,44)(H,38,42)(H,39,45)/t26-,28?/m1/s1. The van der Waals surface area contributed by atoms with Gasteiger partial charge in [-0.1, -0.05) is 42.5 Å². The lowest BCUT2D eigenvalue weighted by Gasteiger charge is -2.29. The molecular formula is C34H43FN6O6. The van der Waals surface area contributed by atoms with Crippen molar-refractivity contribution in [3.05, 3.63) is 84.1 Å². The summed E-state index contributed by atoms with van der Waals surface area (Å²) in [4.78, 5) is 58.9. The van der Waals surface area contributed by atoms with Crippen molar-refractivity contribution < 1.29 is 33.0 Å². The number of nitrogens with one attached hydrogen (secondary N) is 3. The van der Waals surface area contributed by atoms with Crippen molar-refractivity contribution in [3.8, 4) is 0 Å². The van der Waals surface area contributed by atoms with Gasteiger partial charge in [0.1, 0.15) is 29.0 Å². The van der Waals surface area contributed by atoms with E-state index < -0.39 is 46.9 Å². The van der Waals surface area contributed by atoms with Gasteiger partial charge in [0, 0.05) is 19.3 Å². The quantitative estimate of drug-likeness (QED) is 0.267.